The van der Waals surface area contributed by atoms with Crippen molar-refractivity contribution in [2.24, 2.45) is 5.41 Å². The number of rotatable bonds is 3. The highest BCUT2D eigenvalue weighted by atomic mass is 35.5. The van der Waals surface area contributed by atoms with Gasteiger partial charge in [-0.2, -0.15) is 0 Å². The van der Waals surface area contributed by atoms with Crippen LogP contribution in [0.5, 0.6) is 0 Å². The van der Waals surface area contributed by atoms with Crippen molar-refractivity contribution in [1.82, 2.24) is 0 Å². The minimum Gasteiger partial charge on any atom is -0.290 e. The first-order valence-electron chi connectivity index (χ1n) is 2.57. The predicted octanol–water partition coefficient (Wildman–Crippen LogP) is 1.75. The predicted molar refractivity (Wildman–Crippen MR) is 34.8 cm³/mol. The summed E-state index contributed by atoms with van der Waals surface area (Å²) in [6.45, 7) is 3.64. The molecular weight excluding hydrogens is 124 g/mol. The summed E-state index contributed by atoms with van der Waals surface area (Å²) in [5.74, 6) is 0.530. The summed E-state index contributed by atoms with van der Waals surface area (Å²) in [6, 6.07) is 0. The third kappa shape index (κ3) is 3.03. The van der Waals surface area contributed by atoms with Crippen LogP contribution in [0.3, 0.4) is 0 Å². The molecule has 8 heavy (non-hydrogen) atoms. The first-order chi connectivity index (χ1) is 3.62. The second kappa shape index (κ2) is 3.08. The van der Waals surface area contributed by atoms with Gasteiger partial charge in [0.25, 0.3) is 0 Å². The second-order valence-electron chi connectivity index (χ2n) is 2.42. The number of hydrogen-bond donors (Lipinski definition) is 0. The third-order valence-corrected chi connectivity index (χ3v) is 1.18. The fourth-order valence-electron chi connectivity index (χ4n) is 0.287. The van der Waals surface area contributed by atoms with Crippen molar-refractivity contribution in [3.05, 3.63) is 0 Å². The molecule has 0 heterocycles. The van der Waals surface area contributed by atoms with E-state index >= 15 is 0 Å². The fraction of sp³-hybridized carbons (Fsp3) is 0.833. The molecule has 0 saturated carbocycles. The summed E-state index contributed by atoms with van der Waals surface area (Å²) >= 11 is 5.39. The van der Waals surface area contributed by atoms with Crippen LogP contribution in [-0.2, 0) is 4.79 Å². The number of carbonyl (C=O) groups excluding carboxylic acids is 1. The van der Waals surface area contributed by atoms with E-state index in [-0.39, 0.29) is 5.41 Å². The molecule has 0 aliphatic rings. The Morgan fingerprint density at radius 3 is 2.25 bits per heavy atom. The van der Waals surface area contributed by atoms with E-state index in [1.165, 1.54) is 0 Å². The van der Waals surface area contributed by atoms with Gasteiger partial charge >= 0.3 is 0 Å². The Balaban J connectivity index is 3.53. The van der Waals surface area contributed by atoms with Gasteiger partial charge in [0.2, 0.25) is 6.29 Å². The van der Waals surface area contributed by atoms with E-state index in [1.54, 1.807) is 0 Å². The molecule has 0 N–H and O–H groups in total. The van der Waals surface area contributed by atoms with Gasteiger partial charge in [-0.15, -0.1) is 11.6 Å². The molecular formula is C6H10ClO. The minimum absolute atomic E-state index is 0.345. The van der Waals surface area contributed by atoms with E-state index in [2.05, 4.69) is 0 Å². The summed E-state index contributed by atoms with van der Waals surface area (Å²) in [4.78, 5) is 10.0. The van der Waals surface area contributed by atoms with Gasteiger partial charge in [-0.3, -0.25) is 4.79 Å². The molecule has 0 bridgehead atoms. The zero-order valence-corrected chi connectivity index (χ0v) is 5.96. The molecule has 0 rings (SSSR count). The minimum atomic E-state index is -0.345. The van der Waals surface area contributed by atoms with Crippen molar-refractivity contribution >= 4 is 17.9 Å². The zero-order valence-electron chi connectivity index (χ0n) is 5.20. The molecule has 0 fully saturated rings. The van der Waals surface area contributed by atoms with Crippen LogP contribution >= 0.6 is 11.6 Å². The van der Waals surface area contributed by atoms with Gasteiger partial charge in [0.15, 0.2) is 0 Å². The van der Waals surface area contributed by atoms with Crippen molar-refractivity contribution in [3.8, 4) is 0 Å². The topological polar surface area (TPSA) is 17.1 Å². The lowest BCUT2D eigenvalue weighted by Crippen LogP contribution is -2.12. The van der Waals surface area contributed by atoms with Crippen LogP contribution in [-0.4, -0.2) is 12.2 Å². The molecule has 0 spiro atoms. The molecule has 0 aromatic carbocycles. The molecule has 0 amide bonds. The average molecular weight is 134 g/mol. The standard InChI is InChI=1S/C6H10ClO/c1-6(2,5-8)3-4-7/h3-4H2,1-2H3. The van der Waals surface area contributed by atoms with Crippen molar-refractivity contribution in [2.45, 2.75) is 20.3 Å². The maximum absolute atomic E-state index is 10.0. The molecule has 0 atom stereocenters. The zero-order chi connectivity index (χ0) is 6.62. The van der Waals surface area contributed by atoms with Crippen LogP contribution in [0.4, 0.5) is 0 Å². The average Bonchev–Trinajstić information content (AvgIpc) is 1.67. The Kier molecular flexibility index (Phi) is 3.06. The van der Waals surface area contributed by atoms with Crippen molar-refractivity contribution < 1.29 is 4.79 Å². The number of hydrogen-bond acceptors (Lipinski definition) is 1. The molecule has 0 aliphatic heterocycles. The highest BCUT2D eigenvalue weighted by Gasteiger charge is 2.15. The quantitative estimate of drug-likeness (QED) is 0.536. The van der Waals surface area contributed by atoms with E-state index in [9.17, 15) is 4.79 Å². The SMILES string of the molecule is CC(C)([C]=O)CCCl. The monoisotopic (exact) mass is 133 g/mol. The summed E-state index contributed by atoms with van der Waals surface area (Å²) in [6.07, 6.45) is 2.61. The van der Waals surface area contributed by atoms with E-state index in [0.29, 0.717) is 12.3 Å². The van der Waals surface area contributed by atoms with Crippen LogP contribution in [0, 0.1) is 5.41 Å². The molecule has 0 unspecified atom stereocenters. The molecule has 47 valence electrons. The Bertz CT molecular complexity index is 78.6. The van der Waals surface area contributed by atoms with Gasteiger partial charge in [-0.25, -0.2) is 0 Å². The maximum Gasteiger partial charge on any atom is 0.204 e. The van der Waals surface area contributed by atoms with E-state index in [1.807, 2.05) is 20.1 Å². The lowest BCUT2D eigenvalue weighted by molar-refractivity contribution is 0.441. The van der Waals surface area contributed by atoms with Gasteiger partial charge in [-0.05, 0) is 6.42 Å². The highest BCUT2D eigenvalue weighted by molar-refractivity contribution is 6.17. The van der Waals surface area contributed by atoms with Crippen LogP contribution < -0.4 is 0 Å². The van der Waals surface area contributed by atoms with Crippen LogP contribution in [0.1, 0.15) is 20.3 Å². The number of alkyl halides is 1. The number of halogens is 1. The van der Waals surface area contributed by atoms with Gasteiger partial charge in [0.1, 0.15) is 0 Å². The third-order valence-electron chi connectivity index (χ3n) is 0.996. The first kappa shape index (κ1) is 7.96. The smallest absolute Gasteiger partial charge is 0.204 e. The summed E-state index contributed by atoms with van der Waals surface area (Å²) in [5, 5.41) is 0. The Hall–Kier alpha value is -0.0400. The van der Waals surface area contributed by atoms with E-state index < -0.39 is 0 Å². The van der Waals surface area contributed by atoms with Crippen molar-refractivity contribution in [3.63, 3.8) is 0 Å². The Morgan fingerprint density at radius 1 is 1.62 bits per heavy atom. The summed E-state index contributed by atoms with van der Waals surface area (Å²) in [7, 11) is 0. The van der Waals surface area contributed by atoms with E-state index in [0.717, 1.165) is 0 Å². The normalized spacial score (nSPS) is 11.4. The second-order valence-corrected chi connectivity index (χ2v) is 2.80. The van der Waals surface area contributed by atoms with Gasteiger partial charge < -0.3 is 0 Å². The first-order valence-corrected chi connectivity index (χ1v) is 3.11. The molecule has 0 aliphatic carbocycles. The van der Waals surface area contributed by atoms with Crippen LogP contribution in [0.25, 0.3) is 0 Å². The lowest BCUT2D eigenvalue weighted by atomic mass is 9.93. The molecule has 2 heteroatoms. The molecule has 0 saturated heterocycles. The fourth-order valence-corrected chi connectivity index (χ4v) is 0.760. The van der Waals surface area contributed by atoms with Gasteiger partial charge in [0.05, 0.1) is 0 Å². The van der Waals surface area contributed by atoms with Crippen LogP contribution in [0.2, 0.25) is 0 Å². The molecule has 1 radical (unpaired) electrons. The van der Waals surface area contributed by atoms with Crippen molar-refractivity contribution in [1.29, 1.82) is 0 Å². The molecule has 0 aromatic rings. The summed E-state index contributed by atoms with van der Waals surface area (Å²) in [5.41, 5.74) is -0.345. The van der Waals surface area contributed by atoms with Gasteiger partial charge in [-0.1, -0.05) is 13.8 Å². The largest absolute Gasteiger partial charge is 0.290 e. The van der Waals surface area contributed by atoms with E-state index in [4.69, 9.17) is 11.6 Å². The maximum atomic E-state index is 10.0. The summed E-state index contributed by atoms with van der Waals surface area (Å²) < 4.78 is 0. The highest BCUT2D eigenvalue weighted by Crippen LogP contribution is 2.16. The molecule has 1 nitrogen and oxygen atoms in total. The lowest BCUT2D eigenvalue weighted by Gasteiger charge is -2.11. The van der Waals surface area contributed by atoms with Crippen molar-refractivity contribution in [2.75, 3.05) is 5.88 Å². The van der Waals surface area contributed by atoms with Gasteiger partial charge in [0, 0.05) is 11.3 Å². The molecule has 0 aromatic heterocycles. The Labute approximate surface area is 55.0 Å². The Morgan fingerprint density at radius 2 is 2.12 bits per heavy atom. The van der Waals surface area contributed by atoms with Crippen LogP contribution in [0.15, 0.2) is 0 Å².